The number of benzene rings is 1. The van der Waals surface area contributed by atoms with Gasteiger partial charge in [0.15, 0.2) is 0 Å². The number of phenols is 2. The van der Waals surface area contributed by atoms with Gasteiger partial charge < -0.3 is 15.5 Å². The number of anilines is 1. The summed E-state index contributed by atoms with van der Waals surface area (Å²) in [6, 6.07) is 5.11. The summed E-state index contributed by atoms with van der Waals surface area (Å²) in [6.07, 6.45) is 0. The van der Waals surface area contributed by atoms with Crippen LogP contribution in [-0.4, -0.2) is 21.1 Å². The monoisotopic (exact) mass is 266 g/mol. The van der Waals surface area contributed by atoms with E-state index in [2.05, 4.69) is 10.3 Å². The summed E-state index contributed by atoms with van der Waals surface area (Å²) in [4.78, 5) is 14.6. The Hall–Kier alpha value is -2.70. The molecule has 0 spiro atoms. The smallest absolute Gasteiger partial charge is 0.256 e. The van der Waals surface area contributed by atoms with E-state index in [4.69, 9.17) is 0 Å². The minimum Gasteiger partial charge on any atom is -0.508 e. The molecule has 0 unspecified atom stereocenters. The number of rotatable bonds is 2. The lowest BCUT2D eigenvalue weighted by molar-refractivity contribution is 0.102. The zero-order chi connectivity index (χ0) is 14.0. The Kier molecular flexibility index (Phi) is 3.28. The van der Waals surface area contributed by atoms with E-state index in [1.807, 2.05) is 0 Å². The average Bonchev–Trinajstić information content (AvgIpc) is 2.31. The molecular formula is C12H8F2N2O3. The molecule has 0 bridgehead atoms. The molecule has 0 fully saturated rings. The maximum absolute atomic E-state index is 13.2. The van der Waals surface area contributed by atoms with Crippen molar-refractivity contribution < 1.29 is 23.8 Å². The highest BCUT2D eigenvalue weighted by Crippen LogP contribution is 2.21. The molecule has 1 heterocycles. The summed E-state index contributed by atoms with van der Waals surface area (Å²) in [5.41, 5.74) is -0.393. The van der Waals surface area contributed by atoms with Gasteiger partial charge in [0.25, 0.3) is 5.91 Å². The van der Waals surface area contributed by atoms with E-state index >= 15 is 0 Å². The summed E-state index contributed by atoms with van der Waals surface area (Å²) in [5.74, 6) is -3.59. The van der Waals surface area contributed by atoms with Crippen molar-refractivity contribution in [2.45, 2.75) is 0 Å². The van der Waals surface area contributed by atoms with Crippen molar-refractivity contribution in [1.82, 2.24) is 4.98 Å². The second-order valence-electron chi connectivity index (χ2n) is 3.66. The molecule has 1 amide bonds. The van der Waals surface area contributed by atoms with Gasteiger partial charge in [0.05, 0.1) is 5.69 Å². The Morgan fingerprint density at radius 1 is 1.11 bits per heavy atom. The van der Waals surface area contributed by atoms with Crippen LogP contribution in [0.1, 0.15) is 10.4 Å². The van der Waals surface area contributed by atoms with Crippen molar-refractivity contribution in [1.29, 1.82) is 0 Å². The Morgan fingerprint density at radius 3 is 2.32 bits per heavy atom. The van der Waals surface area contributed by atoms with Crippen molar-refractivity contribution in [3.05, 3.63) is 47.8 Å². The van der Waals surface area contributed by atoms with Crippen LogP contribution in [0.4, 0.5) is 14.5 Å². The molecule has 98 valence electrons. The number of carbonyl (C=O) groups excluding carboxylic acids is 1. The van der Waals surface area contributed by atoms with Crippen molar-refractivity contribution in [2.75, 3.05) is 5.32 Å². The second-order valence-corrected chi connectivity index (χ2v) is 3.66. The van der Waals surface area contributed by atoms with Crippen LogP contribution in [-0.2, 0) is 0 Å². The fourth-order valence-electron chi connectivity index (χ4n) is 1.43. The summed E-state index contributed by atoms with van der Waals surface area (Å²) in [7, 11) is 0. The van der Waals surface area contributed by atoms with Crippen LogP contribution in [0.2, 0.25) is 0 Å². The number of amides is 1. The lowest BCUT2D eigenvalue weighted by Gasteiger charge is -2.06. The molecular weight excluding hydrogens is 258 g/mol. The molecule has 0 radical (unpaired) electrons. The predicted molar refractivity (Wildman–Crippen MR) is 61.9 cm³/mol. The zero-order valence-electron chi connectivity index (χ0n) is 9.39. The van der Waals surface area contributed by atoms with E-state index in [1.165, 1.54) is 0 Å². The molecule has 3 N–H and O–H groups in total. The van der Waals surface area contributed by atoms with Crippen LogP contribution in [0.3, 0.4) is 0 Å². The first-order valence-corrected chi connectivity index (χ1v) is 5.12. The van der Waals surface area contributed by atoms with Crippen LogP contribution < -0.4 is 5.32 Å². The lowest BCUT2D eigenvalue weighted by Crippen LogP contribution is -2.13. The highest BCUT2D eigenvalue weighted by atomic mass is 19.1. The highest BCUT2D eigenvalue weighted by Gasteiger charge is 2.12. The number of hydrogen-bond donors (Lipinski definition) is 3. The molecule has 5 nitrogen and oxygen atoms in total. The van der Waals surface area contributed by atoms with Gasteiger partial charge in [0, 0.05) is 11.6 Å². The average molecular weight is 266 g/mol. The van der Waals surface area contributed by atoms with Gasteiger partial charge in [-0.3, -0.25) is 4.79 Å². The fourth-order valence-corrected chi connectivity index (χ4v) is 1.43. The van der Waals surface area contributed by atoms with Crippen LogP contribution in [0, 0.1) is 11.9 Å². The third-order valence-electron chi connectivity index (χ3n) is 2.23. The Morgan fingerprint density at radius 2 is 1.74 bits per heavy atom. The van der Waals surface area contributed by atoms with E-state index in [-0.39, 0.29) is 22.7 Å². The number of nitrogens with one attached hydrogen (secondary N) is 1. The third-order valence-corrected chi connectivity index (χ3v) is 2.23. The number of aromatic hydroxyl groups is 2. The number of carbonyl (C=O) groups is 1. The van der Waals surface area contributed by atoms with Gasteiger partial charge in [-0.15, -0.1) is 0 Å². The van der Waals surface area contributed by atoms with Gasteiger partial charge in [-0.2, -0.15) is 13.8 Å². The normalized spacial score (nSPS) is 10.2. The van der Waals surface area contributed by atoms with E-state index in [9.17, 15) is 23.8 Å². The van der Waals surface area contributed by atoms with Crippen molar-refractivity contribution in [3.8, 4) is 11.5 Å². The molecule has 2 rings (SSSR count). The van der Waals surface area contributed by atoms with E-state index < -0.39 is 17.8 Å². The van der Waals surface area contributed by atoms with Gasteiger partial charge in [-0.25, -0.2) is 0 Å². The van der Waals surface area contributed by atoms with Crippen LogP contribution in [0.15, 0.2) is 30.3 Å². The molecule has 7 heteroatoms. The highest BCUT2D eigenvalue weighted by molar-refractivity contribution is 6.04. The Labute approximate surface area is 106 Å². The standard InChI is InChI=1S/C12H8F2N2O3/c13-10-2-1-9(11(14)16-10)15-12(19)6-3-7(17)5-8(18)4-6/h1-5,17-18H,(H,15,19). The van der Waals surface area contributed by atoms with Gasteiger partial charge in [0.1, 0.15) is 11.5 Å². The largest absolute Gasteiger partial charge is 0.508 e. The maximum atomic E-state index is 13.2. The van der Waals surface area contributed by atoms with E-state index in [1.54, 1.807) is 0 Å². The summed E-state index contributed by atoms with van der Waals surface area (Å²) in [6.45, 7) is 0. The second kappa shape index (κ2) is 4.89. The van der Waals surface area contributed by atoms with Crippen LogP contribution in [0.25, 0.3) is 0 Å². The third kappa shape index (κ3) is 2.95. The molecule has 0 saturated carbocycles. The van der Waals surface area contributed by atoms with E-state index in [0.29, 0.717) is 0 Å². The summed E-state index contributed by atoms with van der Waals surface area (Å²) < 4.78 is 25.8. The zero-order valence-corrected chi connectivity index (χ0v) is 9.39. The van der Waals surface area contributed by atoms with Crippen molar-refractivity contribution in [3.63, 3.8) is 0 Å². The molecule has 0 saturated heterocycles. The first-order valence-electron chi connectivity index (χ1n) is 5.12. The fraction of sp³-hybridized carbons (Fsp3) is 0. The Balaban J connectivity index is 2.25. The quantitative estimate of drug-likeness (QED) is 0.726. The first kappa shape index (κ1) is 12.7. The Bertz CT molecular complexity index is 627. The number of halogens is 2. The SMILES string of the molecule is O=C(Nc1ccc(F)nc1F)c1cc(O)cc(O)c1. The number of phenolic OH excluding ortho intramolecular Hbond substituents is 2. The number of pyridine rings is 1. The minimum atomic E-state index is -1.17. The van der Waals surface area contributed by atoms with Gasteiger partial charge in [-0.05, 0) is 24.3 Å². The topological polar surface area (TPSA) is 82.5 Å². The van der Waals surface area contributed by atoms with Crippen molar-refractivity contribution >= 4 is 11.6 Å². The van der Waals surface area contributed by atoms with Gasteiger partial charge in [0.2, 0.25) is 11.9 Å². The molecule has 0 atom stereocenters. The lowest BCUT2D eigenvalue weighted by atomic mass is 10.2. The molecule has 0 aliphatic rings. The van der Waals surface area contributed by atoms with Crippen molar-refractivity contribution in [2.24, 2.45) is 0 Å². The molecule has 0 aliphatic heterocycles. The predicted octanol–water partition coefficient (Wildman–Crippen LogP) is 2.02. The van der Waals surface area contributed by atoms with Crippen LogP contribution >= 0.6 is 0 Å². The maximum Gasteiger partial charge on any atom is 0.256 e. The number of nitrogens with zero attached hydrogens (tertiary/aromatic N) is 1. The number of hydrogen-bond acceptors (Lipinski definition) is 4. The first-order chi connectivity index (χ1) is 8.95. The number of aromatic nitrogens is 1. The molecule has 0 aliphatic carbocycles. The summed E-state index contributed by atoms with van der Waals surface area (Å²) >= 11 is 0. The molecule has 1 aromatic heterocycles. The van der Waals surface area contributed by atoms with Gasteiger partial charge >= 0.3 is 0 Å². The minimum absolute atomic E-state index is 0.0822. The molecule has 1 aromatic carbocycles. The van der Waals surface area contributed by atoms with E-state index in [0.717, 1.165) is 30.3 Å². The molecule has 2 aromatic rings. The van der Waals surface area contributed by atoms with Crippen LogP contribution in [0.5, 0.6) is 11.5 Å². The van der Waals surface area contributed by atoms with Gasteiger partial charge in [-0.1, -0.05) is 0 Å². The molecule has 19 heavy (non-hydrogen) atoms. The summed E-state index contributed by atoms with van der Waals surface area (Å²) in [5, 5.41) is 20.6.